The van der Waals surface area contributed by atoms with Gasteiger partial charge in [-0.05, 0) is 65.9 Å². The van der Waals surface area contributed by atoms with Crippen LogP contribution >= 0.6 is 0 Å². The first-order chi connectivity index (χ1) is 16.2. The highest BCUT2D eigenvalue weighted by Gasteiger charge is 2.17. The van der Waals surface area contributed by atoms with Crippen LogP contribution < -0.4 is 10.6 Å². The molecule has 2 aromatic carbocycles. The van der Waals surface area contributed by atoms with E-state index in [1.807, 2.05) is 60.7 Å². The fourth-order valence-electron chi connectivity index (χ4n) is 3.98. The van der Waals surface area contributed by atoms with Crippen LogP contribution in [0.3, 0.4) is 0 Å². The summed E-state index contributed by atoms with van der Waals surface area (Å²) in [5, 5.41) is 13.1. The van der Waals surface area contributed by atoms with Crippen molar-refractivity contribution in [3.63, 3.8) is 0 Å². The summed E-state index contributed by atoms with van der Waals surface area (Å²) in [6.45, 7) is 0.371. The maximum atomic E-state index is 12.6. The molecule has 6 heteroatoms. The Labute approximate surface area is 195 Å². The van der Waals surface area contributed by atoms with Crippen LogP contribution in [0.2, 0.25) is 0 Å². The maximum absolute atomic E-state index is 12.6. The first-order valence-corrected chi connectivity index (χ1v) is 11.3. The van der Waals surface area contributed by atoms with Crippen LogP contribution in [0.4, 0.5) is 0 Å². The van der Waals surface area contributed by atoms with Gasteiger partial charge >= 0.3 is 0 Å². The summed E-state index contributed by atoms with van der Waals surface area (Å²) in [6, 6.07) is 19.1. The van der Waals surface area contributed by atoms with Gasteiger partial charge in [-0.1, -0.05) is 43.5 Å². The highest BCUT2D eigenvalue weighted by Crippen LogP contribution is 2.19. The minimum absolute atomic E-state index is 0.0354. The molecule has 3 aromatic rings. The first-order valence-electron chi connectivity index (χ1n) is 11.3. The van der Waals surface area contributed by atoms with Gasteiger partial charge in [-0.3, -0.25) is 14.6 Å². The summed E-state index contributed by atoms with van der Waals surface area (Å²) in [6.07, 6.45) is 9.23. The van der Waals surface area contributed by atoms with Crippen molar-refractivity contribution in [2.75, 3.05) is 7.11 Å². The fourth-order valence-corrected chi connectivity index (χ4v) is 3.98. The Hall–Kier alpha value is -3.51. The van der Waals surface area contributed by atoms with E-state index in [2.05, 4.69) is 15.6 Å². The molecule has 0 unspecified atom stereocenters. The SMILES string of the molecule is CO.O=C(NCc1cccc(C(=O)NC2CCCCC2)c1)c1ccc(-c2ccncc2)cc1. The number of hydrogen-bond donors (Lipinski definition) is 3. The lowest BCUT2D eigenvalue weighted by atomic mass is 9.95. The molecule has 0 atom stereocenters. The van der Waals surface area contributed by atoms with Crippen molar-refractivity contribution in [1.29, 1.82) is 0 Å². The van der Waals surface area contributed by atoms with Crippen molar-refractivity contribution in [3.05, 3.63) is 89.7 Å². The van der Waals surface area contributed by atoms with E-state index in [1.165, 1.54) is 19.3 Å². The Morgan fingerprint density at radius 3 is 2.21 bits per heavy atom. The van der Waals surface area contributed by atoms with Gasteiger partial charge in [-0.25, -0.2) is 0 Å². The monoisotopic (exact) mass is 445 g/mol. The number of carbonyl (C=O) groups excluding carboxylic acids is 2. The van der Waals surface area contributed by atoms with E-state index in [9.17, 15) is 9.59 Å². The van der Waals surface area contributed by atoms with Gasteiger partial charge in [0.05, 0.1) is 0 Å². The molecule has 172 valence electrons. The van der Waals surface area contributed by atoms with Crippen LogP contribution in [0, 0.1) is 0 Å². The van der Waals surface area contributed by atoms with E-state index in [1.54, 1.807) is 12.4 Å². The van der Waals surface area contributed by atoms with Crippen LogP contribution in [0.5, 0.6) is 0 Å². The van der Waals surface area contributed by atoms with Crippen LogP contribution in [0.1, 0.15) is 58.4 Å². The standard InChI is InChI=1S/C26H27N3O2.CH4O/c30-25(22-11-9-20(10-12-22)21-13-15-27-16-14-21)28-18-19-5-4-6-23(17-19)26(31)29-24-7-2-1-3-8-24;1-2/h4-6,9-17,24H,1-3,7-8,18H2,(H,28,30)(H,29,31);2H,1H3. The number of nitrogens with one attached hydrogen (secondary N) is 2. The number of carbonyl (C=O) groups is 2. The fraction of sp³-hybridized carbons (Fsp3) is 0.296. The van der Waals surface area contributed by atoms with Crippen molar-refractivity contribution in [2.45, 2.75) is 44.7 Å². The molecule has 1 fully saturated rings. The average Bonchev–Trinajstić information content (AvgIpc) is 2.90. The number of nitrogens with zero attached hydrogens (tertiary/aromatic N) is 1. The minimum Gasteiger partial charge on any atom is -0.400 e. The number of benzene rings is 2. The Morgan fingerprint density at radius 2 is 1.52 bits per heavy atom. The first kappa shape index (κ1) is 24.1. The molecule has 0 saturated heterocycles. The number of aliphatic hydroxyl groups is 1. The quantitative estimate of drug-likeness (QED) is 0.526. The molecule has 1 aliphatic rings. The molecular weight excluding hydrogens is 414 g/mol. The third-order valence-corrected chi connectivity index (χ3v) is 5.74. The van der Waals surface area contributed by atoms with Crippen molar-refractivity contribution in [2.24, 2.45) is 0 Å². The lowest BCUT2D eigenvalue weighted by molar-refractivity contribution is 0.0926. The third kappa shape index (κ3) is 6.99. The highest BCUT2D eigenvalue weighted by atomic mass is 16.2. The lowest BCUT2D eigenvalue weighted by Crippen LogP contribution is -2.36. The molecule has 1 aromatic heterocycles. The van der Waals surface area contributed by atoms with E-state index in [0.29, 0.717) is 17.7 Å². The molecule has 33 heavy (non-hydrogen) atoms. The van der Waals surface area contributed by atoms with Crippen molar-refractivity contribution < 1.29 is 14.7 Å². The van der Waals surface area contributed by atoms with Crippen LogP contribution in [0.15, 0.2) is 73.1 Å². The van der Waals surface area contributed by atoms with E-state index in [4.69, 9.17) is 5.11 Å². The molecule has 3 N–H and O–H groups in total. The van der Waals surface area contributed by atoms with Gasteiger partial charge < -0.3 is 15.7 Å². The highest BCUT2D eigenvalue weighted by molar-refractivity contribution is 5.95. The Balaban J connectivity index is 0.00000149. The lowest BCUT2D eigenvalue weighted by Gasteiger charge is -2.22. The number of hydrogen-bond acceptors (Lipinski definition) is 4. The summed E-state index contributed by atoms with van der Waals surface area (Å²) in [7, 11) is 1.00. The second-order valence-electron chi connectivity index (χ2n) is 8.00. The molecule has 6 nitrogen and oxygen atoms in total. The van der Waals surface area contributed by atoms with E-state index in [-0.39, 0.29) is 17.9 Å². The molecule has 2 amide bonds. The van der Waals surface area contributed by atoms with E-state index >= 15 is 0 Å². The van der Waals surface area contributed by atoms with Crippen LogP contribution in [-0.4, -0.2) is 35.1 Å². The van der Waals surface area contributed by atoms with Gasteiger partial charge in [-0.15, -0.1) is 0 Å². The van der Waals surface area contributed by atoms with Crippen LogP contribution in [0.25, 0.3) is 11.1 Å². The van der Waals surface area contributed by atoms with Crippen molar-refractivity contribution in [3.8, 4) is 11.1 Å². The third-order valence-electron chi connectivity index (χ3n) is 5.74. The Kier molecular flexibility index (Phi) is 9.15. The zero-order valence-electron chi connectivity index (χ0n) is 19.0. The zero-order chi connectivity index (χ0) is 23.5. The second kappa shape index (κ2) is 12.5. The number of pyridine rings is 1. The number of rotatable bonds is 6. The maximum Gasteiger partial charge on any atom is 0.251 e. The predicted molar refractivity (Wildman–Crippen MR) is 130 cm³/mol. The molecule has 1 saturated carbocycles. The molecule has 1 heterocycles. The van der Waals surface area contributed by atoms with Gasteiger partial charge in [0.25, 0.3) is 11.8 Å². The summed E-state index contributed by atoms with van der Waals surface area (Å²) in [5.41, 5.74) is 4.24. The zero-order valence-corrected chi connectivity index (χ0v) is 19.0. The smallest absolute Gasteiger partial charge is 0.251 e. The Morgan fingerprint density at radius 1 is 0.848 bits per heavy atom. The summed E-state index contributed by atoms with van der Waals surface area (Å²) < 4.78 is 0. The normalized spacial score (nSPS) is 13.4. The predicted octanol–water partition coefficient (Wildman–Crippen LogP) is 4.35. The van der Waals surface area contributed by atoms with Crippen LogP contribution in [-0.2, 0) is 6.54 Å². The molecule has 0 aliphatic heterocycles. The molecular formula is C27H31N3O3. The Bertz CT molecular complexity index is 1030. The number of amides is 2. The molecule has 0 spiro atoms. The van der Waals surface area contributed by atoms with Gasteiger partial charge in [0.15, 0.2) is 0 Å². The molecule has 0 radical (unpaired) electrons. The van der Waals surface area contributed by atoms with Gasteiger partial charge in [0, 0.05) is 43.2 Å². The van der Waals surface area contributed by atoms with Crippen molar-refractivity contribution >= 4 is 11.8 Å². The molecule has 4 rings (SSSR count). The van der Waals surface area contributed by atoms with Gasteiger partial charge in [-0.2, -0.15) is 0 Å². The number of aliphatic hydroxyl groups excluding tert-OH is 1. The largest absolute Gasteiger partial charge is 0.400 e. The van der Waals surface area contributed by atoms with Gasteiger partial charge in [0.1, 0.15) is 0 Å². The molecule has 0 bridgehead atoms. The number of aromatic nitrogens is 1. The summed E-state index contributed by atoms with van der Waals surface area (Å²) >= 11 is 0. The van der Waals surface area contributed by atoms with E-state index in [0.717, 1.165) is 36.6 Å². The topological polar surface area (TPSA) is 91.3 Å². The molecule has 1 aliphatic carbocycles. The van der Waals surface area contributed by atoms with E-state index < -0.39 is 0 Å². The average molecular weight is 446 g/mol. The van der Waals surface area contributed by atoms with Crippen molar-refractivity contribution in [1.82, 2.24) is 15.6 Å². The summed E-state index contributed by atoms with van der Waals surface area (Å²) in [4.78, 5) is 29.1. The minimum atomic E-state index is -0.140. The second-order valence-corrected chi connectivity index (χ2v) is 8.00. The van der Waals surface area contributed by atoms with Gasteiger partial charge in [0.2, 0.25) is 0 Å². The summed E-state index contributed by atoms with van der Waals surface area (Å²) in [5.74, 6) is -0.176.